The van der Waals surface area contributed by atoms with E-state index in [9.17, 15) is 0 Å². The van der Waals surface area contributed by atoms with Gasteiger partial charge in [0.2, 0.25) is 0 Å². The van der Waals surface area contributed by atoms with Crippen LogP contribution in [-0.2, 0) is 0 Å². The molecular formula is C13H20BrNO. The first-order valence-electron chi connectivity index (χ1n) is 6.26. The fraction of sp³-hybridized carbons (Fsp3) is 0.692. The Hall–Kier alpha value is -0.280. The Morgan fingerprint density at radius 2 is 2.06 bits per heavy atom. The quantitative estimate of drug-likeness (QED) is 0.890. The van der Waals surface area contributed by atoms with E-state index in [1.165, 1.54) is 38.5 Å². The highest BCUT2D eigenvalue weighted by atomic mass is 79.9. The zero-order valence-electron chi connectivity index (χ0n) is 9.62. The molecule has 0 spiro atoms. The summed E-state index contributed by atoms with van der Waals surface area (Å²) in [5.74, 6) is 1.81. The van der Waals surface area contributed by atoms with Crippen LogP contribution in [0.4, 0.5) is 0 Å². The molecule has 90 valence electrons. The van der Waals surface area contributed by atoms with E-state index in [4.69, 9.17) is 10.2 Å². The molecule has 1 saturated carbocycles. The van der Waals surface area contributed by atoms with Gasteiger partial charge in [-0.3, -0.25) is 0 Å². The van der Waals surface area contributed by atoms with Crippen molar-refractivity contribution in [3.8, 4) is 0 Å². The van der Waals surface area contributed by atoms with Crippen LogP contribution in [0, 0.1) is 5.92 Å². The zero-order chi connectivity index (χ0) is 11.4. The van der Waals surface area contributed by atoms with E-state index in [2.05, 4.69) is 15.9 Å². The van der Waals surface area contributed by atoms with Crippen molar-refractivity contribution in [3.05, 3.63) is 22.6 Å². The van der Waals surface area contributed by atoms with Crippen LogP contribution in [-0.4, -0.2) is 0 Å². The maximum absolute atomic E-state index is 6.11. The van der Waals surface area contributed by atoms with E-state index >= 15 is 0 Å². The van der Waals surface area contributed by atoms with Crippen LogP contribution in [0.1, 0.15) is 56.7 Å². The van der Waals surface area contributed by atoms with Crippen LogP contribution < -0.4 is 5.73 Å². The number of hydrogen-bond donors (Lipinski definition) is 1. The molecule has 0 amide bonds. The van der Waals surface area contributed by atoms with Gasteiger partial charge in [0.1, 0.15) is 5.76 Å². The van der Waals surface area contributed by atoms with Gasteiger partial charge in [0, 0.05) is 0 Å². The second-order valence-electron chi connectivity index (χ2n) is 4.83. The molecule has 1 aromatic heterocycles. The number of hydrogen-bond acceptors (Lipinski definition) is 2. The molecule has 1 atom stereocenters. The molecule has 2 rings (SSSR count). The summed E-state index contributed by atoms with van der Waals surface area (Å²) in [5, 5.41) is 0. The molecule has 3 heteroatoms. The predicted octanol–water partition coefficient (Wildman–Crippen LogP) is 4.40. The van der Waals surface area contributed by atoms with Crippen molar-refractivity contribution in [2.24, 2.45) is 11.7 Å². The predicted molar refractivity (Wildman–Crippen MR) is 69.1 cm³/mol. The lowest BCUT2D eigenvalue weighted by molar-refractivity contribution is 0.315. The van der Waals surface area contributed by atoms with E-state index in [1.807, 2.05) is 12.1 Å². The maximum Gasteiger partial charge on any atom is 0.169 e. The van der Waals surface area contributed by atoms with Gasteiger partial charge in [-0.2, -0.15) is 0 Å². The summed E-state index contributed by atoms with van der Waals surface area (Å²) < 4.78 is 6.25. The van der Waals surface area contributed by atoms with Crippen molar-refractivity contribution < 1.29 is 4.42 Å². The Balaban J connectivity index is 1.76. The topological polar surface area (TPSA) is 39.2 Å². The summed E-state index contributed by atoms with van der Waals surface area (Å²) >= 11 is 3.31. The van der Waals surface area contributed by atoms with Gasteiger partial charge in [0.15, 0.2) is 4.67 Å². The second-order valence-corrected chi connectivity index (χ2v) is 5.61. The standard InChI is InChI=1S/C13H20BrNO/c14-13-9-8-12(16-13)11(15)7-6-10-4-2-1-3-5-10/h8-11H,1-7,15H2. The normalized spacial score (nSPS) is 19.9. The van der Waals surface area contributed by atoms with Crippen LogP contribution in [0.5, 0.6) is 0 Å². The van der Waals surface area contributed by atoms with Gasteiger partial charge in [0.05, 0.1) is 6.04 Å². The van der Waals surface area contributed by atoms with Gasteiger partial charge < -0.3 is 10.2 Å². The summed E-state index contributed by atoms with van der Waals surface area (Å²) in [4.78, 5) is 0. The van der Waals surface area contributed by atoms with Gasteiger partial charge in [0.25, 0.3) is 0 Å². The average molecular weight is 286 g/mol. The first-order valence-corrected chi connectivity index (χ1v) is 7.06. The van der Waals surface area contributed by atoms with E-state index in [1.54, 1.807) is 0 Å². The molecule has 0 bridgehead atoms. The smallest absolute Gasteiger partial charge is 0.169 e. The SMILES string of the molecule is NC(CCC1CCCCC1)c1ccc(Br)o1. The third-order valence-corrected chi connectivity index (χ3v) is 4.00. The van der Waals surface area contributed by atoms with Crippen molar-refractivity contribution in [3.63, 3.8) is 0 Å². The molecule has 0 aliphatic heterocycles. The van der Waals surface area contributed by atoms with Gasteiger partial charge in [-0.1, -0.05) is 32.1 Å². The van der Waals surface area contributed by atoms with Crippen molar-refractivity contribution in [2.45, 2.75) is 51.0 Å². The molecule has 1 aliphatic rings. The van der Waals surface area contributed by atoms with Gasteiger partial charge in [-0.25, -0.2) is 0 Å². The highest BCUT2D eigenvalue weighted by Crippen LogP contribution is 2.30. The average Bonchev–Trinajstić information content (AvgIpc) is 2.74. The second kappa shape index (κ2) is 5.87. The van der Waals surface area contributed by atoms with Gasteiger partial charge in [-0.15, -0.1) is 0 Å². The molecule has 1 fully saturated rings. The Kier molecular flexibility index (Phi) is 4.47. The molecule has 0 saturated heterocycles. The molecule has 2 nitrogen and oxygen atoms in total. The Morgan fingerprint density at radius 1 is 1.31 bits per heavy atom. The zero-order valence-corrected chi connectivity index (χ0v) is 11.2. The molecule has 16 heavy (non-hydrogen) atoms. The number of rotatable bonds is 4. The van der Waals surface area contributed by atoms with Gasteiger partial charge in [-0.05, 0) is 46.8 Å². The largest absolute Gasteiger partial charge is 0.453 e. The molecular weight excluding hydrogens is 266 g/mol. The van der Waals surface area contributed by atoms with E-state index in [0.29, 0.717) is 0 Å². The van der Waals surface area contributed by atoms with Crippen LogP contribution in [0.3, 0.4) is 0 Å². The fourth-order valence-corrected chi connectivity index (χ4v) is 2.88. The van der Waals surface area contributed by atoms with Crippen molar-refractivity contribution >= 4 is 15.9 Å². The van der Waals surface area contributed by atoms with E-state index < -0.39 is 0 Å². The summed E-state index contributed by atoms with van der Waals surface area (Å²) in [6.45, 7) is 0. The van der Waals surface area contributed by atoms with Gasteiger partial charge >= 0.3 is 0 Å². The fourth-order valence-electron chi connectivity index (χ4n) is 2.56. The molecule has 1 aromatic rings. The van der Waals surface area contributed by atoms with Crippen LogP contribution in [0.25, 0.3) is 0 Å². The molecule has 1 aliphatic carbocycles. The molecule has 0 aromatic carbocycles. The molecule has 1 unspecified atom stereocenters. The Bertz CT molecular complexity index is 317. The van der Waals surface area contributed by atoms with Crippen molar-refractivity contribution in [2.75, 3.05) is 0 Å². The van der Waals surface area contributed by atoms with E-state index in [0.717, 1.165) is 22.8 Å². The number of furan rings is 1. The first kappa shape index (κ1) is 12.2. The highest BCUT2D eigenvalue weighted by Gasteiger charge is 2.16. The minimum Gasteiger partial charge on any atom is -0.453 e. The molecule has 1 heterocycles. The minimum absolute atomic E-state index is 0.0632. The summed E-state index contributed by atoms with van der Waals surface area (Å²) in [6.07, 6.45) is 9.33. The Morgan fingerprint density at radius 3 is 2.69 bits per heavy atom. The lowest BCUT2D eigenvalue weighted by Gasteiger charge is -2.22. The molecule has 2 N–H and O–H groups in total. The summed E-state index contributed by atoms with van der Waals surface area (Å²) in [5.41, 5.74) is 6.11. The number of nitrogens with two attached hydrogens (primary N) is 1. The van der Waals surface area contributed by atoms with Crippen LogP contribution in [0.2, 0.25) is 0 Å². The Labute approximate surface area is 106 Å². The summed E-state index contributed by atoms with van der Waals surface area (Å²) in [6, 6.07) is 3.94. The van der Waals surface area contributed by atoms with Crippen LogP contribution >= 0.6 is 15.9 Å². The number of halogens is 1. The lowest BCUT2D eigenvalue weighted by Crippen LogP contribution is -2.13. The summed E-state index contributed by atoms with van der Waals surface area (Å²) in [7, 11) is 0. The van der Waals surface area contributed by atoms with Crippen LogP contribution in [0.15, 0.2) is 21.2 Å². The van der Waals surface area contributed by atoms with Crippen molar-refractivity contribution in [1.29, 1.82) is 0 Å². The third kappa shape index (κ3) is 3.36. The van der Waals surface area contributed by atoms with Crippen molar-refractivity contribution in [1.82, 2.24) is 0 Å². The lowest BCUT2D eigenvalue weighted by atomic mass is 9.85. The maximum atomic E-state index is 6.11. The highest BCUT2D eigenvalue weighted by molar-refractivity contribution is 9.10. The minimum atomic E-state index is 0.0632. The molecule has 0 radical (unpaired) electrons. The van der Waals surface area contributed by atoms with E-state index in [-0.39, 0.29) is 6.04 Å². The monoisotopic (exact) mass is 285 g/mol. The first-order chi connectivity index (χ1) is 7.75. The third-order valence-electron chi connectivity index (χ3n) is 3.57.